The van der Waals surface area contributed by atoms with Crippen molar-refractivity contribution in [2.24, 2.45) is 0 Å². The van der Waals surface area contributed by atoms with Crippen molar-refractivity contribution in [3.63, 3.8) is 0 Å². The zero-order valence-corrected chi connectivity index (χ0v) is 12.6. The van der Waals surface area contributed by atoms with Gasteiger partial charge in [-0.2, -0.15) is 5.26 Å². The number of fused-ring (bicyclic) bond motifs is 1. The predicted octanol–water partition coefficient (Wildman–Crippen LogP) is 4.07. The molecule has 0 aliphatic rings. The lowest BCUT2D eigenvalue weighted by atomic mass is 10.1. The minimum atomic E-state index is 0.0128. The topological polar surface area (TPSA) is 66.1 Å². The lowest BCUT2D eigenvalue weighted by molar-refractivity contribution is 0.373. The summed E-state index contributed by atoms with van der Waals surface area (Å²) in [5.41, 5.74) is 1.79. The summed E-state index contributed by atoms with van der Waals surface area (Å²) in [6, 6.07) is 15.0. The van der Waals surface area contributed by atoms with Crippen LogP contribution in [0.25, 0.3) is 21.9 Å². The molecule has 2 aromatic carbocycles. The van der Waals surface area contributed by atoms with Crippen LogP contribution in [-0.4, -0.2) is 17.2 Å². The van der Waals surface area contributed by atoms with E-state index < -0.39 is 0 Å². The number of nitriles is 1. The fraction of sp³-hybridized carbons (Fsp3) is 0.0588. The van der Waals surface area contributed by atoms with E-state index in [0.29, 0.717) is 21.9 Å². The maximum atomic E-state index is 10.1. The Labute approximate surface area is 131 Å². The third-order valence-corrected chi connectivity index (χ3v) is 4.26. The van der Waals surface area contributed by atoms with Gasteiger partial charge in [0.15, 0.2) is 11.5 Å². The molecule has 0 aliphatic carbocycles. The average molecular weight is 308 g/mol. The van der Waals surface area contributed by atoms with Crippen molar-refractivity contribution in [2.75, 3.05) is 7.11 Å². The Balaban J connectivity index is 2.09. The van der Waals surface area contributed by atoms with Gasteiger partial charge in [-0.25, -0.2) is 4.98 Å². The van der Waals surface area contributed by atoms with Crippen molar-refractivity contribution in [1.82, 2.24) is 4.98 Å². The van der Waals surface area contributed by atoms with E-state index in [1.54, 1.807) is 24.3 Å². The smallest absolute Gasteiger partial charge is 0.165 e. The number of nitrogens with zero attached hydrogens (tertiary/aromatic N) is 2. The Bertz CT molecular complexity index is 873. The molecule has 0 bridgehead atoms. The molecule has 0 saturated carbocycles. The van der Waals surface area contributed by atoms with Gasteiger partial charge in [-0.15, -0.1) is 11.3 Å². The van der Waals surface area contributed by atoms with Crippen LogP contribution in [0.2, 0.25) is 0 Å². The summed E-state index contributed by atoms with van der Waals surface area (Å²) in [7, 11) is 1.49. The van der Waals surface area contributed by atoms with Crippen molar-refractivity contribution in [1.29, 1.82) is 5.26 Å². The fourth-order valence-electron chi connectivity index (χ4n) is 2.11. The number of para-hydroxylation sites is 2. The fourth-order valence-corrected chi connectivity index (χ4v) is 3.04. The molecule has 0 amide bonds. The van der Waals surface area contributed by atoms with Crippen molar-refractivity contribution >= 4 is 33.2 Å². The number of phenols is 1. The van der Waals surface area contributed by atoms with Crippen LogP contribution in [0.4, 0.5) is 0 Å². The Morgan fingerprint density at radius 3 is 2.82 bits per heavy atom. The molecule has 0 unspecified atom stereocenters. The maximum Gasteiger partial charge on any atom is 0.165 e. The van der Waals surface area contributed by atoms with Gasteiger partial charge in [0.2, 0.25) is 0 Å². The molecule has 1 N–H and O–H groups in total. The molecule has 108 valence electrons. The second-order valence-corrected chi connectivity index (χ2v) is 5.59. The van der Waals surface area contributed by atoms with Gasteiger partial charge in [0, 0.05) is 5.56 Å². The molecule has 0 saturated heterocycles. The number of allylic oxidation sites excluding steroid dienone is 1. The van der Waals surface area contributed by atoms with Gasteiger partial charge in [0.25, 0.3) is 0 Å². The van der Waals surface area contributed by atoms with Gasteiger partial charge in [-0.05, 0) is 24.3 Å². The molecular formula is C17H12N2O2S. The van der Waals surface area contributed by atoms with Crippen molar-refractivity contribution in [3.8, 4) is 17.6 Å². The summed E-state index contributed by atoms with van der Waals surface area (Å²) >= 11 is 1.45. The zero-order chi connectivity index (χ0) is 15.5. The highest BCUT2D eigenvalue weighted by molar-refractivity contribution is 7.19. The second kappa shape index (κ2) is 5.88. The van der Waals surface area contributed by atoms with Crippen LogP contribution < -0.4 is 4.74 Å². The monoisotopic (exact) mass is 308 g/mol. The largest absolute Gasteiger partial charge is 0.504 e. The number of hydrogen-bond acceptors (Lipinski definition) is 5. The summed E-state index contributed by atoms with van der Waals surface area (Å²) in [6.07, 6.45) is 1.62. The summed E-state index contributed by atoms with van der Waals surface area (Å²) in [5, 5.41) is 20.2. The van der Waals surface area contributed by atoms with E-state index in [4.69, 9.17) is 4.74 Å². The van der Waals surface area contributed by atoms with Crippen molar-refractivity contribution < 1.29 is 9.84 Å². The number of aromatic nitrogens is 1. The molecule has 1 heterocycles. The molecule has 5 heteroatoms. The first-order valence-corrected chi connectivity index (χ1v) is 7.38. The SMILES string of the molecule is COc1cccc(/C=C(\C#N)c2nc3ccccc3s2)c1O. The molecule has 3 rings (SSSR count). The number of benzene rings is 2. The van der Waals surface area contributed by atoms with Gasteiger partial charge in [0.05, 0.1) is 22.9 Å². The number of thiazole rings is 1. The molecule has 4 nitrogen and oxygen atoms in total. The number of ether oxygens (including phenoxy) is 1. The highest BCUT2D eigenvalue weighted by atomic mass is 32.1. The van der Waals surface area contributed by atoms with Crippen LogP contribution in [0.5, 0.6) is 11.5 Å². The molecule has 0 aliphatic heterocycles. The lowest BCUT2D eigenvalue weighted by Crippen LogP contribution is -1.86. The maximum absolute atomic E-state index is 10.1. The average Bonchev–Trinajstić information content (AvgIpc) is 2.97. The molecule has 22 heavy (non-hydrogen) atoms. The summed E-state index contributed by atoms with van der Waals surface area (Å²) in [5.74, 6) is 0.384. The molecule has 3 aromatic rings. The first-order chi connectivity index (χ1) is 10.7. The third-order valence-electron chi connectivity index (χ3n) is 3.19. The number of hydrogen-bond donors (Lipinski definition) is 1. The third kappa shape index (κ3) is 2.52. The molecule has 0 atom stereocenters. The van der Waals surface area contributed by atoms with E-state index in [1.807, 2.05) is 24.3 Å². The molecule has 0 fully saturated rings. The quantitative estimate of drug-likeness (QED) is 0.741. The standard InChI is InChI=1S/C17H12N2O2S/c1-21-14-7-4-5-11(16(14)20)9-12(10-18)17-19-13-6-2-3-8-15(13)22-17/h2-9,20H,1H3/b12-9+. The Kier molecular flexibility index (Phi) is 3.77. The van der Waals surface area contributed by atoms with E-state index in [1.165, 1.54) is 18.4 Å². The van der Waals surface area contributed by atoms with Gasteiger partial charge in [0.1, 0.15) is 11.1 Å². The van der Waals surface area contributed by atoms with Crippen molar-refractivity contribution in [2.45, 2.75) is 0 Å². The first kappa shape index (κ1) is 14.1. The minimum absolute atomic E-state index is 0.0128. The minimum Gasteiger partial charge on any atom is -0.504 e. The van der Waals surface area contributed by atoms with Crippen LogP contribution in [0.1, 0.15) is 10.6 Å². The molecule has 1 aromatic heterocycles. The number of aromatic hydroxyl groups is 1. The normalized spacial score (nSPS) is 11.4. The highest BCUT2D eigenvalue weighted by Gasteiger charge is 2.11. The summed E-state index contributed by atoms with van der Waals surface area (Å²) in [6.45, 7) is 0. The lowest BCUT2D eigenvalue weighted by Gasteiger charge is -2.05. The van der Waals surface area contributed by atoms with Crippen LogP contribution >= 0.6 is 11.3 Å². The Morgan fingerprint density at radius 2 is 2.09 bits per heavy atom. The van der Waals surface area contributed by atoms with E-state index in [-0.39, 0.29) is 5.75 Å². The Hall–Kier alpha value is -2.84. The molecule has 0 radical (unpaired) electrons. The molecule has 0 spiro atoms. The van der Waals surface area contributed by atoms with E-state index in [9.17, 15) is 10.4 Å². The van der Waals surface area contributed by atoms with Crippen LogP contribution in [0.3, 0.4) is 0 Å². The zero-order valence-electron chi connectivity index (χ0n) is 11.8. The van der Waals surface area contributed by atoms with Gasteiger partial charge in [-0.1, -0.05) is 24.3 Å². The number of methoxy groups -OCH3 is 1. The van der Waals surface area contributed by atoms with Gasteiger partial charge in [-0.3, -0.25) is 0 Å². The van der Waals surface area contributed by atoms with E-state index >= 15 is 0 Å². The number of phenolic OH excluding ortho intramolecular Hbond substituents is 1. The van der Waals surface area contributed by atoms with E-state index in [0.717, 1.165) is 10.2 Å². The van der Waals surface area contributed by atoms with Gasteiger partial charge >= 0.3 is 0 Å². The summed E-state index contributed by atoms with van der Waals surface area (Å²) in [4.78, 5) is 4.47. The van der Waals surface area contributed by atoms with Crippen molar-refractivity contribution in [3.05, 3.63) is 53.0 Å². The van der Waals surface area contributed by atoms with E-state index in [2.05, 4.69) is 11.1 Å². The first-order valence-electron chi connectivity index (χ1n) is 6.56. The van der Waals surface area contributed by atoms with Crippen LogP contribution in [0, 0.1) is 11.3 Å². The Morgan fingerprint density at radius 1 is 1.27 bits per heavy atom. The highest BCUT2D eigenvalue weighted by Crippen LogP contribution is 2.33. The summed E-state index contributed by atoms with van der Waals surface area (Å²) < 4.78 is 6.10. The molecular weight excluding hydrogens is 296 g/mol. The van der Waals surface area contributed by atoms with Crippen LogP contribution in [-0.2, 0) is 0 Å². The predicted molar refractivity (Wildman–Crippen MR) is 87.8 cm³/mol. The number of rotatable bonds is 3. The van der Waals surface area contributed by atoms with Crippen LogP contribution in [0.15, 0.2) is 42.5 Å². The second-order valence-electron chi connectivity index (χ2n) is 4.55. The van der Waals surface area contributed by atoms with Gasteiger partial charge < -0.3 is 9.84 Å².